The largest absolute Gasteiger partial charge is 0.381 e. The fraction of sp³-hybridized carbons (Fsp3) is 0.333. The lowest BCUT2D eigenvalue weighted by Crippen LogP contribution is -2.29. The van der Waals surface area contributed by atoms with E-state index in [0.29, 0.717) is 6.04 Å². The molecule has 0 saturated carbocycles. The Morgan fingerprint density at radius 2 is 1.88 bits per heavy atom. The second-order valence-corrected chi connectivity index (χ2v) is 6.39. The Morgan fingerprint density at radius 1 is 1.12 bits per heavy atom. The van der Waals surface area contributed by atoms with Crippen molar-refractivity contribution in [2.24, 2.45) is 0 Å². The smallest absolute Gasteiger partial charge is 0.0387 e. The van der Waals surface area contributed by atoms with Gasteiger partial charge in [-0.05, 0) is 47.5 Å². The number of nitrogens with one attached hydrogen (secondary N) is 1. The van der Waals surface area contributed by atoms with E-state index in [1.54, 1.807) is 0 Å². The molecule has 0 saturated heterocycles. The van der Waals surface area contributed by atoms with Crippen LogP contribution in [0.3, 0.4) is 0 Å². The average molecular weight is 290 g/mol. The topological polar surface area (TPSA) is 12.0 Å². The van der Waals surface area contributed by atoms with Gasteiger partial charge in [-0.3, -0.25) is 0 Å². The molecule has 0 amide bonds. The zero-order valence-corrected chi connectivity index (χ0v) is 11.9. The number of hydrogen-bond acceptors (Lipinski definition) is 1. The van der Waals surface area contributed by atoms with E-state index in [0.717, 1.165) is 4.47 Å². The van der Waals surface area contributed by atoms with Crippen LogP contribution >= 0.6 is 15.9 Å². The standard InChI is InChI=1S/C15H16BrN/c1-9-15(2,3)13-7-11-6-12(16)5-4-10(11)8-14(13)17-9/h4-9,17H,1-3H3. The van der Waals surface area contributed by atoms with Crippen molar-refractivity contribution in [2.45, 2.75) is 32.2 Å². The van der Waals surface area contributed by atoms with Crippen LogP contribution < -0.4 is 5.32 Å². The Kier molecular flexibility index (Phi) is 2.27. The Bertz CT molecular complexity index is 601. The highest BCUT2D eigenvalue weighted by Gasteiger charge is 2.36. The maximum atomic E-state index is 3.58. The van der Waals surface area contributed by atoms with Crippen LogP contribution in [-0.4, -0.2) is 6.04 Å². The highest BCUT2D eigenvalue weighted by Crippen LogP contribution is 2.42. The molecule has 1 heterocycles. The molecule has 0 fully saturated rings. The third-order valence-corrected chi connectivity index (χ3v) is 4.58. The molecule has 1 aliphatic heterocycles. The Morgan fingerprint density at radius 3 is 2.65 bits per heavy atom. The summed E-state index contributed by atoms with van der Waals surface area (Å²) in [5.74, 6) is 0. The number of rotatable bonds is 0. The summed E-state index contributed by atoms with van der Waals surface area (Å²) in [7, 11) is 0. The summed E-state index contributed by atoms with van der Waals surface area (Å²) >= 11 is 3.54. The molecule has 0 bridgehead atoms. The summed E-state index contributed by atoms with van der Waals surface area (Å²) in [6.07, 6.45) is 0. The predicted octanol–water partition coefficient (Wildman–Crippen LogP) is 4.69. The Hall–Kier alpha value is -1.02. The predicted molar refractivity (Wildman–Crippen MR) is 77.8 cm³/mol. The Balaban J connectivity index is 2.30. The van der Waals surface area contributed by atoms with Crippen LogP contribution in [0.5, 0.6) is 0 Å². The van der Waals surface area contributed by atoms with E-state index in [-0.39, 0.29) is 5.41 Å². The van der Waals surface area contributed by atoms with Crippen LogP contribution in [0.15, 0.2) is 34.8 Å². The minimum atomic E-state index is 0.200. The van der Waals surface area contributed by atoms with Crippen LogP contribution in [0.1, 0.15) is 26.3 Å². The maximum absolute atomic E-state index is 3.58. The van der Waals surface area contributed by atoms with Crippen molar-refractivity contribution in [3.8, 4) is 0 Å². The molecule has 88 valence electrons. The molecule has 1 unspecified atom stereocenters. The lowest BCUT2D eigenvalue weighted by molar-refractivity contribution is 0.486. The van der Waals surface area contributed by atoms with Gasteiger partial charge in [0.25, 0.3) is 0 Å². The lowest BCUT2D eigenvalue weighted by atomic mass is 9.81. The fourth-order valence-electron chi connectivity index (χ4n) is 2.57. The van der Waals surface area contributed by atoms with Crippen molar-refractivity contribution < 1.29 is 0 Å². The molecule has 1 nitrogen and oxygen atoms in total. The fourth-order valence-corrected chi connectivity index (χ4v) is 2.95. The van der Waals surface area contributed by atoms with Crippen LogP contribution in [0.4, 0.5) is 5.69 Å². The molecule has 1 atom stereocenters. The first-order valence-electron chi connectivity index (χ1n) is 5.99. The van der Waals surface area contributed by atoms with Crippen LogP contribution in [0, 0.1) is 0 Å². The van der Waals surface area contributed by atoms with Crippen molar-refractivity contribution in [2.75, 3.05) is 5.32 Å². The van der Waals surface area contributed by atoms with Gasteiger partial charge in [0, 0.05) is 21.6 Å². The number of fused-ring (bicyclic) bond motifs is 2. The van der Waals surface area contributed by atoms with Crippen LogP contribution in [0.2, 0.25) is 0 Å². The van der Waals surface area contributed by atoms with E-state index in [2.05, 4.69) is 72.3 Å². The molecule has 1 aliphatic rings. The van der Waals surface area contributed by atoms with Crippen LogP contribution in [0.25, 0.3) is 10.8 Å². The molecule has 2 aromatic rings. The normalized spacial score (nSPS) is 21.3. The van der Waals surface area contributed by atoms with Gasteiger partial charge in [0.2, 0.25) is 0 Å². The molecule has 0 aromatic heterocycles. The number of benzene rings is 2. The van der Waals surface area contributed by atoms with Crippen molar-refractivity contribution >= 4 is 32.4 Å². The van der Waals surface area contributed by atoms with Gasteiger partial charge < -0.3 is 5.32 Å². The van der Waals surface area contributed by atoms with E-state index >= 15 is 0 Å². The minimum Gasteiger partial charge on any atom is -0.381 e. The zero-order chi connectivity index (χ0) is 12.2. The summed E-state index contributed by atoms with van der Waals surface area (Å²) in [6, 6.07) is 11.5. The van der Waals surface area contributed by atoms with Crippen molar-refractivity contribution in [1.29, 1.82) is 0 Å². The monoisotopic (exact) mass is 289 g/mol. The van der Waals surface area contributed by atoms with Gasteiger partial charge in [-0.2, -0.15) is 0 Å². The summed E-state index contributed by atoms with van der Waals surface area (Å²) in [4.78, 5) is 0. The number of hydrogen-bond donors (Lipinski definition) is 1. The summed E-state index contributed by atoms with van der Waals surface area (Å²) in [5.41, 5.74) is 2.92. The first-order valence-corrected chi connectivity index (χ1v) is 6.78. The first-order chi connectivity index (χ1) is 7.98. The molecule has 2 aromatic carbocycles. The summed E-state index contributed by atoms with van der Waals surface area (Å²) in [6.45, 7) is 6.86. The van der Waals surface area contributed by atoms with Gasteiger partial charge in [-0.1, -0.05) is 35.8 Å². The second kappa shape index (κ2) is 3.49. The van der Waals surface area contributed by atoms with E-state index in [1.807, 2.05) is 0 Å². The third-order valence-electron chi connectivity index (χ3n) is 4.09. The van der Waals surface area contributed by atoms with Gasteiger partial charge in [-0.15, -0.1) is 0 Å². The SMILES string of the molecule is CC1Nc2cc3ccc(Br)cc3cc2C1(C)C. The highest BCUT2D eigenvalue weighted by molar-refractivity contribution is 9.10. The van der Waals surface area contributed by atoms with Gasteiger partial charge in [0.1, 0.15) is 0 Å². The third kappa shape index (κ3) is 1.58. The van der Waals surface area contributed by atoms with E-state index in [4.69, 9.17) is 0 Å². The lowest BCUT2D eigenvalue weighted by Gasteiger charge is -2.24. The van der Waals surface area contributed by atoms with E-state index in [9.17, 15) is 0 Å². The molecule has 0 spiro atoms. The molecule has 1 N–H and O–H groups in total. The number of halogens is 1. The van der Waals surface area contributed by atoms with Gasteiger partial charge in [0.15, 0.2) is 0 Å². The van der Waals surface area contributed by atoms with E-state index in [1.165, 1.54) is 22.0 Å². The maximum Gasteiger partial charge on any atom is 0.0387 e. The Labute approximate surface area is 110 Å². The van der Waals surface area contributed by atoms with Gasteiger partial charge >= 0.3 is 0 Å². The molecule has 2 heteroatoms. The molecule has 17 heavy (non-hydrogen) atoms. The molecule has 3 rings (SSSR count). The first kappa shape index (κ1) is 11.1. The average Bonchev–Trinajstić information content (AvgIpc) is 2.48. The van der Waals surface area contributed by atoms with Crippen molar-refractivity contribution in [1.82, 2.24) is 0 Å². The quantitative estimate of drug-likeness (QED) is 0.742. The van der Waals surface area contributed by atoms with Crippen LogP contribution in [-0.2, 0) is 5.41 Å². The summed E-state index contributed by atoms with van der Waals surface area (Å²) in [5, 5.41) is 6.19. The van der Waals surface area contributed by atoms with Crippen molar-refractivity contribution in [3.05, 3.63) is 40.4 Å². The molecular weight excluding hydrogens is 274 g/mol. The minimum absolute atomic E-state index is 0.200. The molecule has 0 radical (unpaired) electrons. The van der Waals surface area contributed by atoms with Crippen molar-refractivity contribution in [3.63, 3.8) is 0 Å². The molecular formula is C15H16BrN. The number of anilines is 1. The second-order valence-electron chi connectivity index (χ2n) is 5.48. The summed E-state index contributed by atoms with van der Waals surface area (Å²) < 4.78 is 1.14. The van der Waals surface area contributed by atoms with Gasteiger partial charge in [-0.25, -0.2) is 0 Å². The van der Waals surface area contributed by atoms with Gasteiger partial charge in [0.05, 0.1) is 0 Å². The molecule has 0 aliphatic carbocycles. The zero-order valence-electron chi connectivity index (χ0n) is 10.3. The highest BCUT2D eigenvalue weighted by atomic mass is 79.9. The van der Waals surface area contributed by atoms with E-state index < -0.39 is 0 Å².